The molecule has 0 saturated heterocycles. The number of pyridine rings is 1. The van der Waals surface area contributed by atoms with E-state index in [1.807, 2.05) is 30.3 Å². The first-order valence-electron chi connectivity index (χ1n) is 13.6. The summed E-state index contributed by atoms with van der Waals surface area (Å²) < 4.78 is 0. The summed E-state index contributed by atoms with van der Waals surface area (Å²) >= 11 is 0. The number of rotatable bonds is 5. The van der Waals surface area contributed by atoms with Gasteiger partial charge in [-0.15, -0.1) is 0 Å². The Bertz CT molecular complexity index is 1320. The molecular formula is C31H32N4O2. The van der Waals surface area contributed by atoms with Crippen LogP contribution < -0.4 is 16.0 Å². The van der Waals surface area contributed by atoms with Crippen LogP contribution >= 0.6 is 0 Å². The standard InChI is InChI=1S/C31H32N4O2/c36-29(23-7-9-32-10-8-23)33-26-5-6-27-24(14-26)15-28(35-27)22-1-3-25(4-2-22)34-30(37)31-16-19-11-20(17-31)13-21(12-19)18-31/h1-10,14,19-21,28,35H,11-13,15-18H2,(H,33,36)(H,34,37). The molecule has 1 atom stereocenters. The zero-order valence-electron chi connectivity index (χ0n) is 20.9. The van der Waals surface area contributed by atoms with E-state index in [9.17, 15) is 9.59 Å². The van der Waals surface area contributed by atoms with Crippen LogP contribution in [-0.4, -0.2) is 16.8 Å². The van der Waals surface area contributed by atoms with Gasteiger partial charge in [-0.1, -0.05) is 12.1 Å². The molecule has 2 amide bonds. The van der Waals surface area contributed by atoms with Gasteiger partial charge in [-0.2, -0.15) is 0 Å². The largest absolute Gasteiger partial charge is 0.378 e. The van der Waals surface area contributed by atoms with Crippen molar-refractivity contribution in [2.45, 2.75) is 51.0 Å². The highest BCUT2D eigenvalue weighted by Gasteiger charge is 2.54. The number of fused-ring (bicyclic) bond motifs is 1. The summed E-state index contributed by atoms with van der Waals surface area (Å²) in [5.74, 6) is 2.39. The van der Waals surface area contributed by atoms with Crippen LogP contribution in [0.4, 0.5) is 17.1 Å². The van der Waals surface area contributed by atoms with Gasteiger partial charge in [0, 0.05) is 35.0 Å². The van der Waals surface area contributed by atoms with E-state index in [4.69, 9.17) is 0 Å². The molecule has 0 radical (unpaired) electrons. The highest BCUT2D eigenvalue weighted by atomic mass is 16.2. The van der Waals surface area contributed by atoms with Gasteiger partial charge in [0.2, 0.25) is 5.91 Å². The molecule has 8 rings (SSSR count). The van der Waals surface area contributed by atoms with Gasteiger partial charge in [0.05, 0.1) is 11.5 Å². The number of hydrogen-bond donors (Lipinski definition) is 3. The number of nitrogens with one attached hydrogen (secondary N) is 3. The first kappa shape index (κ1) is 22.5. The van der Waals surface area contributed by atoms with Crippen LogP contribution in [0, 0.1) is 23.2 Å². The topological polar surface area (TPSA) is 83.1 Å². The SMILES string of the molecule is O=C(Nc1ccc2c(c1)CC(c1ccc(NC(=O)C34CC5CC(CC(C5)C3)C4)cc1)N2)c1ccncc1. The van der Waals surface area contributed by atoms with Crippen molar-refractivity contribution in [3.8, 4) is 0 Å². The lowest BCUT2D eigenvalue weighted by Gasteiger charge is -2.55. The number of hydrogen-bond acceptors (Lipinski definition) is 4. The second-order valence-corrected chi connectivity index (χ2v) is 11.7. The van der Waals surface area contributed by atoms with Crippen molar-refractivity contribution in [3.05, 3.63) is 83.7 Å². The van der Waals surface area contributed by atoms with Gasteiger partial charge in [0.15, 0.2) is 0 Å². The number of aromatic nitrogens is 1. The predicted octanol–water partition coefficient (Wildman–Crippen LogP) is 6.20. The van der Waals surface area contributed by atoms with Crippen LogP contribution in [0.25, 0.3) is 0 Å². The van der Waals surface area contributed by atoms with Crippen LogP contribution in [-0.2, 0) is 11.2 Å². The quantitative estimate of drug-likeness (QED) is 0.396. The molecule has 2 aromatic carbocycles. The molecular weight excluding hydrogens is 460 g/mol. The third-order valence-electron chi connectivity index (χ3n) is 9.15. The molecule has 1 aliphatic heterocycles. The fourth-order valence-corrected chi connectivity index (χ4v) is 7.80. The highest BCUT2D eigenvalue weighted by molar-refractivity contribution is 6.04. The Hall–Kier alpha value is -3.67. The Morgan fingerprint density at radius 1 is 0.811 bits per heavy atom. The van der Waals surface area contributed by atoms with E-state index in [2.05, 4.69) is 33.1 Å². The zero-order chi connectivity index (χ0) is 25.0. The van der Waals surface area contributed by atoms with Crippen LogP contribution in [0.2, 0.25) is 0 Å². The molecule has 6 heteroatoms. The lowest BCUT2D eigenvalue weighted by molar-refractivity contribution is -0.140. The molecule has 1 aromatic heterocycles. The smallest absolute Gasteiger partial charge is 0.255 e. The van der Waals surface area contributed by atoms with Crippen LogP contribution in [0.3, 0.4) is 0 Å². The summed E-state index contributed by atoms with van der Waals surface area (Å²) in [6.07, 6.45) is 11.4. The Morgan fingerprint density at radius 3 is 2.14 bits per heavy atom. The maximum atomic E-state index is 13.4. The van der Waals surface area contributed by atoms with Crippen molar-refractivity contribution in [2.24, 2.45) is 23.2 Å². The third kappa shape index (κ3) is 4.18. The summed E-state index contributed by atoms with van der Waals surface area (Å²) in [5.41, 5.74) is 5.58. The molecule has 188 valence electrons. The molecule has 3 aromatic rings. The average Bonchev–Trinajstić information content (AvgIpc) is 3.32. The minimum atomic E-state index is -0.143. The molecule has 6 nitrogen and oxygen atoms in total. The Kier molecular flexibility index (Phi) is 5.31. The van der Waals surface area contributed by atoms with Gasteiger partial charge >= 0.3 is 0 Å². The third-order valence-corrected chi connectivity index (χ3v) is 9.15. The Labute approximate surface area is 217 Å². The van der Waals surface area contributed by atoms with Crippen molar-refractivity contribution < 1.29 is 9.59 Å². The number of nitrogens with zero attached hydrogens (tertiary/aromatic N) is 1. The molecule has 5 aliphatic rings. The normalized spacial score (nSPS) is 28.9. The van der Waals surface area contributed by atoms with Crippen LogP contribution in [0.15, 0.2) is 67.0 Å². The number of carbonyl (C=O) groups is 2. The minimum Gasteiger partial charge on any atom is -0.378 e. The fourth-order valence-electron chi connectivity index (χ4n) is 7.80. The highest BCUT2D eigenvalue weighted by Crippen LogP contribution is 2.60. The number of benzene rings is 2. The zero-order valence-corrected chi connectivity index (χ0v) is 20.9. The van der Waals surface area contributed by atoms with E-state index >= 15 is 0 Å². The van der Waals surface area contributed by atoms with Crippen molar-refractivity contribution in [3.63, 3.8) is 0 Å². The Morgan fingerprint density at radius 2 is 1.46 bits per heavy atom. The first-order chi connectivity index (χ1) is 18.0. The lowest BCUT2D eigenvalue weighted by Crippen LogP contribution is -2.51. The van der Waals surface area contributed by atoms with E-state index in [0.29, 0.717) is 5.56 Å². The van der Waals surface area contributed by atoms with E-state index < -0.39 is 0 Å². The van der Waals surface area contributed by atoms with Gasteiger partial charge in [0.25, 0.3) is 5.91 Å². The van der Waals surface area contributed by atoms with Crippen LogP contribution in [0.5, 0.6) is 0 Å². The molecule has 0 spiro atoms. The number of carbonyl (C=O) groups excluding carboxylic acids is 2. The predicted molar refractivity (Wildman–Crippen MR) is 144 cm³/mol. The van der Waals surface area contributed by atoms with Gasteiger partial charge in [0.1, 0.15) is 0 Å². The van der Waals surface area contributed by atoms with E-state index in [1.165, 1.54) is 30.4 Å². The number of amides is 2. The molecule has 37 heavy (non-hydrogen) atoms. The van der Waals surface area contributed by atoms with Gasteiger partial charge in [-0.3, -0.25) is 14.6 Å². The van der Waals surface area contributed by atoms with Crippen molar-refractivity contribution >= 4 is 28.9 Å². The van der Waals surface area contributed by atoms with Crippen LogP contribution in [0.1, 0.15) is 66.1 Å². The molecule has 3 N–H and O–H groups in total. The molecule has 2 heterocycles. The second-order valence-electron chi connectivity index (χ2n) is 11.7. The van der Waals surface area contributed by atoms with Gasteiger partial charge in [-0.05, 0) is 116 Å². The van der Waals surface area contributed by atoms with Crippen molar-refractivity contribution in [1.82, 2.24) is 4.98 Å². The molecule has 4 aliphatic carbocycles. The lowest BCUT2D eigenvalue weighted by atomic mass is 9.49. The second kappa shape index (κ2) is 8.72. The van der Waals surface area contributed by atoms with E-state index in [1.54, 1.807) is 24.5 Å². The molecule has 1 unspecified atom stereocenters. The maximum Gasteiger partial charge on any atom is 0.255 e. The summed E-state index contributed by atoms with van der Waals surface area (Å²) in [6.45, 7) is 0. The van der Waals surface area contributed by atoms with E-state index in [0.717, 1.165) is 60.5 Å². The fraction of sp³-hybridized carbons (Fsp3) is 0.387. The molecule has 4 saturated carbocycles. The summed E-state index contributed by atoms with van der Waals surface area (Å²) in [4.78, 5) is 29.9. The molecule has 4 fully saturated rings. The average molecular weight is 493 g/mol. The summed E-state index contributed by atoms with van der Waals surface area (Å²) in [7, 11) is 0. The van der Waals surface area contributed by atoms with E-state index in [-0.39, 0.29) is 23.3 Å². The monoisotopic (exact) mass is 492 g/mol. The number of anilines is 3. The summed E-state index contributed by atoms with van der Waals surface area (Å²) in [6, 6.07) is 17.9. The Balaban J connectivity index is 0.998. The van der Waals surface area contributed by atoms with Gasteiger partial charge in [-0.25, -0.2) is 0 Å². The minimum absolute atomic E-state index is 0.132. The first-order valence-corrected chi connectivity index (χ1v) is 13.6. The maximum absolute atomic E-state index is 13.4. The van der Waals surface area contributed by atoms with Crippen molar-refractivity contribution in [2.75, 3.05) is 16.0 Å². The molecule has 4 bridgehead atoms. The van der Waals surface area contributed by atoms with Gasteiger partial charge < -0.3 is 16.0 Å². The van der Waals surface area contributed by atoms with Crippen molar-refractivity contribution in [1.29, 1.82) is 0 Å². The summed E-state index contributed by atoms with van der Waals surface area (Å²) in [5, 5.41) is 9.85.